The van der Waals surface area contributed by atoms with Gasteiger partial charge in [0, 0.05) is 12.0 Å². The number of aromatic nitrogens is 1. The molecule has 1 heterocycles. The highest BCUT2D eigenvalue weighted by molar-refractivity contribution is 5.97. The number of rotatable bonds is 9. The number of nitrogens with one attached hydrogen (secondary N) is 2. The molecule has 200 valence electrons. The predicted octanol–water partition coefficient (Wildman–Crippen LogP) is 5.09. The molecular weight excluding hydrogens is 502 g/mol. The molecule has 0 saturated heterocycles. The molecule has 3 aromatic carbocycles. The number of carboxylic acids is 1. The van der Waals surface area contributed by atoms with E-state index in [1.165, 1.54) is 24.3 Å². The van der Waals surface area contributed by atoms with Gasteiger partial charge >= 0.3 is 12.1 Å². The lowest BCUT2D eigenvalue weighted by molar-refractivity contribution is -0.139. The van der Waals surface area contributed by atoms with Crippen LogP contribution in [0.4, 0.5) is 10.7 Å². The molecule has 0 saturated carbocycles. The molecular formula is C29H27N3O7. The van der Waals surface area contributed by atoms with Gasteiger partial charge in [-0.15, -0.1) is 0 Å². The second kappa shape index (κ2) is 12.0. The molecule has 0 aliphatic rings. The molecule has 0 fully saturated rings. The van der Waals surface area contributed by atoms with Crippen LogP contribution in [-0.2, 0) is 16.0 Å². The normalized spacial score (nSPS) is 12.3. The van der Waals surface area contributed by atoms with Gasteiger partial charge in [0.1, 0.15) is 17.9 Å². The lowest BCUT2D eigenvalue weighted by atomic mass is 10.0. The van der Waals surface area contributed by atoms with Crippen LogP contribution in [0.3, 0.4) is 0 Å². The summed E-state index contributed by atoms with van der Waals surface area (Å²) in [5.74, 6) is -1.59. The fourth-order valence-corrected chi connectivity index (χ4v) is 3.97. The van der Waals surface area contributed by atoms with Gasteiger partial charge in [0.2, 0.25) is 5.88 Å². The third-order valence-electron chi connectivity index (χ3n) is 6.05. The molecule has 4 rings (SSSR count). The van der Waals surface area contributed by atoms with Gasteiger partial charge in [0.25, 0.3) is 5.91 Å². The van der Waals surface area contributed by atoms with Gasteiger partial charge in [-0.25, -0.2) is 9.59 Å². The van der Waals surface area contributed by atoms with E-state index >= 15 is 0 Å². The molecule has 0 spiro atoms. The smallest absolute Gasteiger partial charge is 0.414 e. The predicted molar refractivity (Wildman–Crippen MR) is 142 cm³/mol. The molecule has 2 unspecified atom stereocenters. The Morgan fingerprint density at radius 3 is 2.28 bits per heavy atom. The number of nitrogens with zero attached hydrogens (tertiary/aromatic N) is 1. The number of hydrogen-bond donors (Lipinski definition) is 4. The first-order valence-electron chi connectivity index (χ1n) is 12.1. The molecule has 1 aromatic heterocycles. The van der Waals surface area contributed by atoms with Gasteiger partial charge in [-0.2, -0.15) is 0 Å². The van der Waals surface area contributed by atoms with Gasteiger partial charge in [-0.1, -0.05) is 59.8 Å². The first kappa shape index (κ1) is 26.9. The summed E-state index contributed by atoms with van der Waals surface area (Å²) in [6.07, 6.45) is -1.15. The minimum absolute atomic E-state index is 0.0489. The summed E-state index contributed by atoms with van der Waals surface area (Å²) in [7, 11) is 0. The summed E-state index contributed by atoms with van der Waals surface area (Å²) in [5.41, 5.74) is 3.38. The van der Waals surface area contributed by atoms with Crippen LogP contribution >= 0.6 is 0 Å². The zero-order valence-corrected chi connectivity index (χ0v) is 21.3. The fourth-order valence-electron chi connectivity index (χ4n) is 3.97. The van der Waals surface area contributed by atoms with Crippen molar-refractivity contribution in [2.24, 2.45) is 0 Å². The minimum atomic E-state index is -1.18. The number of aliphatic carboxylic acids is 1. The van der Waals surface area contributed by atoms with E-state index in [2.05, 4.69) is 15.8 Å². The summed E-state index contributed by atoms with van der Waals surface area (Å²) >= 11 is 0. The monoisotopic (exact) mass is 529 g/mol. The number of aryl methyl sites for hydroxylation is 1. The van der Waals surface area contributed by atoms with Crippen molar-refractivity contribution >= 4 is 23.9 Å². The van der Waals surface area contributed by atoms with Crippen molar-refractivity contribution in [2.75, 3.05) is 5.32 Å². The van der Waals surface area contributed by atoms with Crippen LogP contribution in [0.5, 0.6) is 5.75 Å². The molecule has 0 bridgehead atoms. The maximum atomic E-state index is 12.8. The Balaban J connectivity index is 1.43. The highest BCUT2D eigenvalue weighted by atomic mass is 16.6. The molecule has 2 atom stereocenters. The maximum absolute atomic E-state index is 12.8. The van der Waals surface area contributed by atoms with E-state index in [4.69, 9.17) is 9.26 Å². The summed E-state index contributed by atoms with van der Waals surface area (Å²) in [6, 6.07) is 20.6. The van der Waals surface area contributed by atoms with Gasteiger partial charge in [0.15, 0.2) is 0 Å². The number of ether oxygens (including phenoxy) is 1. The second-order valence-corrected chi connectivity index (χ2v) is 8.87. The SMILES string of the molecule is Cc1noc(NC(=O)OC(C)c2ccccc2)c1-c1ccc(C(=O)NC(Cc2ccc(O)cc2)C(=O)O)cc1. The molecule has 0 aliphatic heterocycles. The number of carbonyl (C=O) groups is 3. The van der Waals surface area contributed by atoms with Crippen LogP contribution in [0.2, 0.25) is 0 Å². The average molecular weight is 530 g/mol. The van der Waals surface area contributed by atoms with E-state index in [0.717, 1.165) is 5.56 Å². The van der Waals surface area contributed by atoms with Crippen LogP contribution in [-0.4, -0.2) is 39.4 Å². The average Bonchev–Trinajstić information content (AvgIpc) is 3.29. The van der Waals surface area contributed by atoms with E-state index in [1.54, 1.807) is 38.1 Å². The number of hydrogen-bond acceptors (Lipinski definition) is 7. The van der Waals surface area contributed by atoms with E-state index in [0.29, 0.717) is 22.4 Å². The zero-order valence-electron chi connectivity index (χ0n) is 21.3. The lowest BCUT2D eigenvalue weighted by Gasteiger charge is -2.15. The Hall–Kier alpha value is -5.12. The molecule has 4 aromatic rings. The zero-order chi connectivity index (χ0) is 27.9. The third kappa shape index (κ3) is 6.80. The number of phenols is 1. The molecule has 2 amide bonds. The van der Waals surface area contributed by atoms with Crippen molar-refractivity contribution in [1.82, 2.24) is 10.5 Å². The van der Waals surface area contributed by atoms with Crippen LogP contribution in [0, 0.1) is 6.92 Å². The van der Waals surface area contributed by atoms with Crippen molar-refractivity contribution < 1.29 is 33.9 Å². The van der Waals surface area contributed by atoms with Crippen molar-refractivity contribution in [2.45, 2.75) is 32.4 Å². The summed E-state index contributed by atoms with van der Waals surface area (Å²) < 4.78 is 10.8. The summed E-state index contributed by atoms with van der Waals surface area (Å²) in [4.78, 5) is 37.0. The van der Waals surface area contributed by atoms with Gasteiger partial charge < -0.3 is 24.8 Å². The van der Waals surface area contributed by atoms with E-state index in [1.807, 2.05) is 30.3 Å². The lowest BCUT2D eigenvalue weighted by Crippen LogP contribution is -2.42. The standard InChI is InChI=1S/C29H27N3O7/c1-17-25(27(39-32-17)31-29(37)38-18(2)20-6-4-3-5-7-20)21-10-12-22(13-11-21)26(34)30-24(28(35)36)16-19-8-14-23(33)15-9-19/h3-15,18,24,33H,16H2,1-2H3,(H,30,34)(H,31,37)(H,35,36). The molecule has 10 nitrogen and oxygen atoms in total. The first-order valence-corrected chi connectivity index (χ1v) is 12.1. The quantitative estimate of drug-likeness (QED) is 0.234. The Bertz CT molecular complexity index is 1450. The first-order chi connectivity index (χ1) is 18.7. The highest BCUT2D eigenvalue weighted by Crippen LogP contribution is 2.32. The van der Waals surface area contributed by atoms with Crippen molar-refractivity contribution in [1.29, 1.82) is 0 Å². The summed E-state index contributed by atoms with van der Waals surface area (Å²) in [5, 5.41) is 28.0. The number of carbonyl (C=O) groups excluding carboxylic acids is 2. The fraction of sp³-hybridized carbons (Fsp3) is 0.172. The largest absolute Gasteiger partial charge is 0.508 e. The van der Waals surface area contributed by atoms with Crippen LogP contribution in [0.15, 0.2) is 83.4 Å². The van der Waals surface area contributed by atoms with Gasteiger partial charge in [-0.3, -0.25) is 10.1 Å². The van der Waals surface area contributed by atoms with Crippen molar-refractivity contribution in [3.63, 3.8) is 0 Å². The summed E-state index contributed by atoms with van der Waals surface area (Å²) in [6.45, 7) is 3.47. The van der Waals surface area contributed by atoms with E-state index in [-0.39, 0.29) is 23.6 Å². The van der Waals surface area contributed by atoms with E-state index in [9.17, 15) is 24.6 Å². The minimum Gasteiger partial charge on any atom is -0.508 e. The molecule has 10 heteroatoms. The van der Waals surface area contributed by atoms with Crippen molar-refractivity contribution in [3.05, 3.63) is 101 Å². The Labute approximate surface area is 224 Å². The molecule has 0 radical (unpaired) electrons. The number of anilines is 1. The Morgan fingerprint density at radius 2 is 1.64 bits per heavy atom. The Kier molecular flexibility index (Phi) is 8.25. The number of benzene rings is 3. The molecule has 4 N–H and O–H groups in total. The van der Waals surface area contributed by atoms with Gasteiger partial charge in [0.05, 0.1) is 11.3 Å². The number of phenolic OH excluding ortho intramolecular Hbond substituents is 1. The molecule has 0 aliphatic carbocycles. The van der Waals surface area contributed by atoms with Crippen LogP contribution in [0.1, 0.15) is 40.2 Å². The number of carboxylic acid groups (broad SMARTS) is 1. The van der Waals surface area contributed by atoms with Gasteiger partial charge in [-0.05, 0) is 54.8 Å². The van der Waals surface area contributed by atoms with Crippen LogP contribution in [0.25, 0.3) is 11.1 Å². The van der Waals surface area contributed by atoms with E-state index < -0.39 is 30.1 Å². The third-order valence-corrected chi connectivity index (χ3v) is 6.05. The Morgan fingerprint density at radius 1 is 0.974 bits per heavy atom. The topological polar surface area (TPSA) is 151 Å². The number of aromatic hydroxyl groups is 1. The molecule has 39 heavy (non-hydrogen) atoms. The maximum Gasteiger partial charge on any atom is 0.414 e. The number of amides is 2. The highest BCUT2D eigenvalue weighted by Gasteiger charge is 2.23. The van der Waals surface area contributed by atoms with Crippen molar-refractivity contribution in [3.8, 4) is 16.9 Å². The van der Waals surface area contributed by atoms with Crippen LogP contribution < -0.4 is 10.6 Å². The second-order valence-electron chi connectivity index (χ2n) is 8.87.